The molecule has 0 unspecified atom stereocenters. The maximum atomic E-state index is 3.54. The summed E-state index contributed by atoms with van der Waals surface area (Å²) in [6, 6.07) is 8.71. The third-order valence-electron chi connectivity index (χ3n) is 2.43. The van der Waals surface area contributed by atoms with Crippen molar-refractivity contribution in [1.82, 2.24) is 4.90 Å². The van der Waals surface area contributed by atoms with Crippen LogP contribution < -0.4 is 0 Å². The summed E-state index contributed by atoms with van der Waals surface area (Å²) in [6.07, 6.45) is 2.18. The lowest BCUT2D eigenvalue weighted by molar-refractivity contribution is 0.296. The van der Waals surface area contributed by atoms with Crippen molar-refractivity contribution < 1.29 is 0 Å². The van der Waals surface area contributed by atoms with Crippen molar-refractivity contribution in [3.05, 3.63) is 35.4 Å². The third kappa shape index (κ3) is 1.45. The van der Waals surface area contributed by atoms with Crippen molar-refractivity contribution >= 4 is 10.2 Å². The number of benzene rings is 1. The molecule has 1 aliphatic heterocycles. The van der Waals surface area contributed by atoms with Gasteiger partial charge in [0.05, 0.1) is 0 Å². The number of rotatable bonds is 1. The molecule has 0 fully saturated rings. The van der Waals surface area contributed by atoms with Crippen LogP contribution in [0.25, 0.3) is 0 Å². The van der Waals surface area contributed by atoms with E-state index in [1.165, 1.54) is 24.1 Å². The van der Waals surface area contributed by atoms with Gasteiger partial charge in [-0.15, -0.1) is 0 Å². The molecule has 3 radical (unpaired) electrons. The Bertz CT molecular complexity index is 272. The number of hydrogen-bond acceptors (Lipinski definition) is 1. The van der Waals surface area contributed by atoms with Gasteiger partial charge in [-0.25, -0.2) is 0 Å². The molecular formula is C10H12NSi. The van der Waals surface area contributed by atoms with E-state index in [0.717, 1.165) is 12.7 Å². The molecule has 12 heavy (non-hydrogen) atoms. The van der Waals surface area contributed by atoms with Crippen LogP contribution in [0.5, 0.6) is 0 Å². The highest BCUT2D eigenvalue weighted by atomic mass is 28.1. The average molecular weight is 174 g/mol. The lowest BCUT2D eigenvalue weighted by atomic mass is 10.0. The minimum Gasteiger partial charge on any atom is -0.302 e. The topological polar surface area (TPSA) is 3.24 Å². The van der Waals surface area contributed by atoms with Gasteiger partial charge in [0.2, 0.25) is 0 Å². The van der Waals surface area contributed by atoms with E-state index in [1.54, 1.807) is 0 Å². The molecular weight excluding hydrogens is 162 g/mol. The first kappa shape index (κ1) is 8.02. The molecule has 61 valence electrons. The monoisotopic (exact) mass is 174 g/mol. The van der Waals surface area contributed by atoms with Gasteiger partial charge in [0, 0.05) is 23.3 Å². The standard InChI is InChI=1S/C10H12NSi/c12-8-11-6-5-9-3-1-2-4-10(9)7-11/h1-4H,5-8H2. The molecule has 0 spiro atoms. The van der Waals surface area contributed by atoms with E-state index in [2.05, 4.69) is 39.4 Å². The molecule has 1 heterocycles. The Labute approximate surface area is 76.8 Å². The first-order chi connectivity index (χ1) is 5.90. The van der Waals surface area contributed by atoms with Gasteiger partial charge in [0.25, 0.3) is 0 Å². The fourth-order valence-electron chi connectivity index (χ4n) is 1.69. The maximum Gasteiger partial charge on any atom is 0.0432 e. The van der Waals surface area contributed by atoms with E-state index in [0.29, 0.717) is 0 Å². The molecule has 0 N–H and O–H groups in total. The smallest absolute Gasteiger partial charge is 0.0432 e. The molecule has 0 aromatic heterocycles. The van der Waals surface area contributed by atoms with Gasteiger partial charge in [-0.2, -0.15) is 0 Å². The zero-order chi connectivity index (χ0) is 8.39. The van der Waals surface area contributed by atoms with Crippen LogP contribution in [0.15, 0.2) is 24.3 Å². The second-order valence-corrected chi connectivity index (χ2v) is 3.55. The van der Waals surface area contributed by atoms with Crippen LogP contribution >= 0.6 is 0 Å². The Hall–Kier alpha value is -0.603. The Balaban J connectivity index is 2.23. The fourth-order valence-corrected chi connectivity index (χ4v) is 1.96. The van der Waals surface area contributed by atoms with Crippen molar-refractivity contribution in [2.24, 2.45) is 0 Å². The summed E-state index contributed by atoms with van der Waals surface area (Å²) in [5.74, 6) is 0. The predicted octanol–water partition coefficient (Wildman–Crippen LogP) is 1.17. The second kappa shape index (κ2) is 3.41. The van der Waals surface area contributed by atoms with E-state index >= 15 is 0 Å². The molecule has 0 saturated carbocycles. The fraction of sp³-hybridized carbons (Fsp3) is 0.400. The molecule has 1 aromatic carbocycles. The Morgan fingerprint density at radius 1 is 1.25 bits per heavy atom. The SMILES string of the molecule is [Si]CN1CCc2ccccc2C1. The number of hydrogen-bond donors (Lipinski definition) is 0. The normalized spacial score (nSPS) is 17.4. The van der Waals surface area contributed by atoms with Crippen LogP contribution in [0.2, 0.25) is 0 Å². The Kier molecular flexibility index (Phi) is 2.28. The summed E-state index contributed by atoms with van der Waals surface area (Å²) >= 11 is 0. The summed E-state index contributed by atoms with van der Waals surface area (Å²) in [5.41, 5.74) is 3.01. The molecule has 0 atom stereocenters. The number of fused-ring (bicyclic) bond motifs is 1. The minimum atomic E-state index is 0.980. The van der Waals surface area contributed by atoms with Crippen molar-refractivity contribution in [3.63, 3.8) is 0 Å². The predicted molar refractivity (Wildman–Crippen MR) is 51.2 cm³/mol. The maximum absolute atomic E-state index is 3.54. The van der Waals surface area contributed by atoms with Gasteiger partial charge in [0.15, 0.2) is 0 Å². The molecule has 0 bridgehead atoms. The zero-order valence-electron chi connectivity index (χ0n) is 7.09. The lowest BCUT2D eigenvalue weighted by Gasteiger charge is -2.27. The van der Waals surface area contributed by atoms with E-state index in [4.69, 9.17) is 0 Å². The van der Waals surface area contributed by atoms with Gasteiger partial charge in [-0.3, -0.25) is 0 Å². The Morgan fingerprint density at radius 3 is 2.75 bits per heavy atom. The largest absolute Gasteiger partial charge is 0.302 e. The second-order valence-electron chi connectivity index (χ2n) is 3.23. The Morgan fingerprint density at radius 2 is 2.00 bits per heavy atom. The summed E-state index contributed by atoms with van der Waals surface area (Å²) < 4.78 is 0. The van der Waals surface area contributed by atoms with Crippen LogP contribution in [0.1, 0.15) is 11.1 Å². The van der Waals surface area contributed by atoms with Crippen LogP contribution in [0.4, 0.5) is 0 Å². The molecule has 2 heteroatoms. The van der Waals surface area contributed by atoms with Crippen LogP contribution in [-0.4, -0.2) is 27.9 Å². The first-order valence-electron chi connectivity index (χ1n) is 4.34. The van der Waals surface area contributed by atoms with Gasteiger partial charge < -0.3 is 4.90 Å². The van der Waals surface area contributed by atoms with Crippen molar-refractivity contribution in [2.45, 2.75) is 13.0 Å². The lowest BCUT2D eigenvalue weighted by Crippen LogP contribution is -2.31. The zero-order valence-corrected chi connectivity index (χ0v) is 8.09. The van der Waals surface area contributed by atoms with E-state index in [-0.39, 0.29) is 0 Å². The molecule has 1 aromatic rings. The summed E-state index contributed by atoms with van der Waals surface area (Å²) in [4.78, 5) is 2.40. The molecule has 0 aliphatic carbocycles. The first-order valence-corrected chi connectivity index (χ1v) is 5.04. The molecule has 2 rings (SSSR count). The summed E-state index contributed by atoms with van der Waals surface area (Å²) in [7, 11) is 3.54. The molecule has 1 nitrogen and oxygen atoms in total. The van der Waals surface area contributed by atoms with E-state index in [1.807, 2.05) is 0 Å². The summed E-state index contributed by atoms with van der Waals surface area (Å²) in [5, 5.41) is 0. The third-order valence-corrected chi connectivity index (χ3v) is 2.88. The van der Waals surface area contributed by atoms with Crippen LogP contribution in [0, 0.1) is 0 Å². The number of nitrogens with zero attached hydrogens (tertiary/aromatic N) is 1. The van der Waals surface area contributed by atoms with Gasteiger partial charge in [0.1, 0.15) is 0 Å². The van der Waals surface area contributed by atoms with Gasteiger partial charge >= 0.3 is 0 Å². The van der Waals surface area contributed by atoms with E-state index in [9.17, 15) is 0 Å². The van der Waals surface area contributed by atoms with Gasteiger partial charge in [-0.05, 0) is 23.7 Å². The quantitative estimate of drug-likeness (QED) is 0.578. The van der Waals surface area contributed by atoms with Crippen LogP contribution in [-0.2, 0) is 13.0 Å². The average Bonchev–Trinajstić information content (AvgIpc) is 2.17. The molecule has 1 aliphatic rings. The minimum absolute atomic E-state index is 0.980. The van der Waals surface area contributed by atoms with Crippen molar-refractivity contribution in [1.29, 1.82) is 0 Å². The van der Waals surface area contributed by atoms with E-state index < -0.39 is 0 Å². The van der Waals surface area contributed by atoms with Crippen LogP contribution in [0.3, 0.4) is 0 Å². The van der Waals surface area contributed by atoms with Gasteiger partial charge in [-0.1, -0.05) is 24.3 Å². The molecule has 0 amide bonds. The summed E-state index contributed by atoms with van der Waals surface area (Å²) in [6.45, 7) is 2.28. The molecule has 0 saturated heterocycles. The highest BCUT2D eigenvalue weighted by Gasteiger charge is 2.12. The van der Waals surface area contributed by atoms with Crippen molar-refractivity contribution in [2.75, 3.05) is 12.7 Å². The highest BCUT2D eigenvalue weighted by Crippen LogP contribution is 2.17. The van der Waals surface area contributed by atoms with Crippen molar-refractivity contribution in [3.8, 4) is 0 Å². The highest BCUT2D eigenvalue weighted by molar-refractivity contribution is 6.08.